The first-order valence-corrected chi connectivity index (χ1v) is 11.1. The number of halogens is 1. The van der Waals surface area contributed by atoms with Gasteiger partial charge in [0.2, 0.25) is 5.89 Å². The molecule has 0 radical (unpaired) electrons. The van der Waals surface area contributed by atoms with Crippen LogP contribution in [0.1, 0.15) is 30.9 Å². The Morgan fingerprint density at radius 3 is 2.50 bits per heavy atom. The van der Waals surface area contributed by atoms with Gasteiger partial charge in [0.05, 0.1) is 16.6 Å². The lowest BCUT2D eigenvalue weighted by Crippen LogP contribution is -2.13. The zero-order valence-corrected chi connectivity index (χ0v) is 17.9. The van der Waals surface area contributed by atoms with Crippen molar-refractivity contribution in [3.63, 3.8) is 0 Å². The molecule has 1 amide bonds. The zero-order chi connectivity index (χ0) is 21.7. The van der Waals surface area contributed by atoms with E-state index >= 15 is 0 Å². The van der Waals surface area contributed by atoms with Crippen molar-refractivity contribution in [2.45, 2.75) is 30.4 Å². The van der Waals surface area contributed by atoms with Crippen molar-refractivity contribution >= 4 is 39.4 Å². The predicted octanol–water partition coefficient (Wildman–Crippen LogP) is 4.15. The Morgan fingerprint density at radius 2 is 1.83 bits per heavy atom. The van der Waals surface area contributed by atoms with Gasteiger partial charge in [0.15, 0.2) is 9.84 Å². The number of sulfone groups is 1. The van der Waals surface area contributed by atoms with E-state index in [1.807, 2.05) is 6.07 Å². The molecule has 30 heavy (non-hydrogen) atoms. The molecule has 0 fully saturated rings. The second-order valence-electron chi connectivity index (χ2n) is 6.76. The topological polar surface area (TPSA) is 102 Å². The van der Waals surface area contributed by atoms with Crippen molar-refractivity contribution in [2.24, 2.45) is 0 Å². The lowest BCUT2D eigenvalue weighted by molar-refractivity contribution is -0.112. The number of amides is 1. The standard InChI is InChI=1S/C21H20ClN3O4S/c1-14(2)30(27,28)17-10-7-15(8-11-17)13-20-24-25-21(29-20)23-19(26)12-9-16-5-3-4-6-18(16)22/h3-12,14H,13H2,1-2H3,(H,23,25,26). The maximum Gasteiger partial charge on any atom is 0.322 e. The molecule has 0 aliphatic carbocycles. The van der Waals surface area contributed by atoms with Crippen LogP contribution in [-0.4, -0.2) is 29.8 Å². The smallest absolute Gasteiger partial charge is 0.322 e. The fourth-order valence-corrected chi connectivity index (χ4v) is 3.80. The third kappa shape index (κ3) is 5.34. The van der Waals surface area contributed by atoms with Gasteiger partial charge in [-0.15, -0.1) is 5.10 Å². The Bertz CT molecular complexity index is 1170. The molecule has 3 aromatic rings. The van der Waals surface area contributed by atoms with E-state index in [-0.39, 0.29) is 10.9 Å². The molecule has 1 aromatic heterocycles. The summed E-state index contributed by atoms with van der Waals surface area (Å²) < 4.78 is 29.8. The molecule has 9 heteroatoms. The number of benzene rings is 2. The first-order valence-electron chi connectivity index (χ1n) is 9.14. The largest absolute Gasteiger partial charge is 0.407 e. The number of anilines is 1. The minimum Gasteiger partial charge on any atom is -0.407 e. The summed E-state index contributed by atoms with van der Waals surface area (Å²) in [4.78, 5) is 12.3. The molecule has 0 unspecified atom stereocenters. The van der Waals surface area contributed by atoms with E-state index in [2.05, 4.69) is 15.5 Å². The van der Waals surface area contributed by atoms with E-state index in [0.29, 0.717) is 22.9 Å². The van der Waals surface area contributed by atoms with Crippen LogP contribution in [0.3, 0.4) is 0 Å². The van der Waals surface area contributed by atoms with Crippen molar-refractivity contribution < 1.29 is 17.6 Å². The van der Waals surface area contributed by atoms with Crippen LogP contribution in [0.2, 0.25) is 5.02 Å². The third-order valence-corrected chi connectivity index (χ3v) is 6.76. The Kier molecular flexibility index (Phi) is 6.69. The molecule has 0 saturated heterocycles. The van der Waals surface area contributed by atoms with Crippen LogP contribution in [0.4, 0.5) is 6.01 Å². The van der Waals surface area contributed by atoms with Crippen molar-refractivity contribution in [2.75, 3.05) is 5.32 Å². The van der Waals surface area contributed by atoms with Gasteiger partial charge < -0.3 is 4.42 Å². The molecule has 1 heterocycles. The number of rotatable bonds is 7. The van der Waals surface area contributed by atoms with E-state index < -0.39 is 21.0 Å². The molecule has 0 atom stereocenters. The average Bonchev–Trinajstić information content (AvgIpc) is 3.14. The Labute approximate surface area is 179 Å². The highest BCUT2D eigenvalue weighted by molar-refractivity contribution is 7.92. The summed E-state index contributed by atoms with van der Waals surface area (Å²) in [7, 11) is -3.32. The minimum absolute atomic E-state index is 0.0298. The Morgan fingerprint density at radius 1 is 1.13 bits per heavy atom. The molecule has 0 spiro atoms. The molecule has 0 aliphatic heterocycles. The highest BCUT2D eigenvalue weighted by Crippen LogP contribution is 2.19. The number of hydrogen-bond donors (Lipinski definition) is 1. The maximum atomic E-state index is 12.2. The van der Waals surface area contributed by atoms with Gasteiger partial charge in [0, 0.05) is 11.1 Å². The summed E-state index contributed by atoms with van der Waals surface area (Å²) in [5, 5.41) is 10.2. The Hall–Kier alpha value is -2.97. The lowest BCUT2D eigenvalue weighted by Gasteiger charge is -2.08. The van der Waals surface area contributed by atoms with E-state index in [1.54, 1.807) is 62.4 Å². The maximum absolute atomic E-state index is 12.2. The number of carbonyl (C=O) groups excluding carboxylic acids is 1. The van der Waals surface area contributed by atoms with Gasteiger partial charge in [-0.1, -0.05) is 47.0 Å². The van der Waals surface area contributed by atoms with Crippen LogP contribution in [0.15, 0.2) is 63.9 Å². The summed E-state index contributed by atoms with van der Waals surface area (Å²) >= 11 is 6.04. The number of nitrogens with one attached hydrogen (secondary N) is 1. The van der Waals surface area contributed by atoms with Crippen molar-refractivity contribution in [3.8, 4) is 0 Å². The number of nitrogens with zero attached hydrogens (tertiary/aromatic N) is 2. The fraction of sp³-hybridized carbons (Fsp3) is 0.190. The summed E-state index contributed by atoms with van der Waals surface area (Å²) in [6.45, 7) is 3.28. The van der Waals surface area contributed by atoms with Gasteiger partial charge in [-0.2, -0.15) is 0 Å². The van der Waals surface area contributed by atoms with E-state index in [1.165, 1.54) is 6.08 Å². The summed E-state index contributed by atoms with van der Waals surface area (Å²) in [5.41, 5.74) is 1.52. The molecule has 2 aromatic carbocycles. The normalized spacial score (nSPS) is 11.9. The van der Waals surface area contributed by atoms with Gasteiger partial charge >= 0.3 is 6.01 Å². The molecular formula is C21H20ClN3O4S. The van der Waals surface area contributed by atoms with E-state index in [9.17, 15) is 13.2 Å². The molecule has 3 rings (SSSR count). The quantitative estimate of drug-likeness (QED) is 0.548. The molecule has 0 saturated carbocycles. The zero-order valence-electron chi connectivity index (χ0n) is 16.4. The van der Waals surface area contributed by atoms with Crippen LogP contribution in [0.5, 0.6) is 0 Å². The van der Waals surface area contributed by atoms with Gasteiger partial charge in [0.1, 0.15) is 0 Å². The Balaban J connectivity index is 1.61. The summed E-state index contributed by atoms with van der Waals surface area (Å²) in [5.74, 6) is -0.145. The summed E-state index contributed by atoms with van der Waals surface area (Å²) in [6.07, 6.45) is 3.21. The number of hydrogen-bond acceptors (Lipinski definition) is 6. The van der Waals surface area contributed by atoms with E-state index in [4.69, 9.17) is 16.0 Å². The summed E-state index contributed by atoms with van der Waals surface area (Å²) in [6, 6.07) is 13.6. The van der Waals surface area contributed by atoms with Crippen molar-refractivity contribution in [1.82, 2.24) is 10.2 Å². The molecule has 1 N–H and O–H groups in total. The molecule has 0 aliphatic rings. The monoisotopic (exact) mass is 445 g/mol. The van der Waals surface area contributed by atoms with Gasteiger partial charge in [0.25, 0.3) is 5.91 Å². The van der Waals surface area contributed by atoms with Crippen molar-refractivity contribution in [1.29, 1.82) is 0 Å². The number of aromatic nitrogens is 2. The molecule has 0 bridgehead atoms. The minimum atomic E-state index is -3.32. The average molecular weight is 446 g/mol. The molecule has 7 nitrogen and oxygen atoms in total. The molecule has 156 valence electrons. The fourth-order valence-electron chi connectivity index (χ4n) is 2.54. The van der Waals surface area contributed by atoms with Gasteiger partial charge in [-0.3, -0.25) is 10.1 Å². The second-order valence-corrected chi connectivity index (χ2v) is 9.67. The second kappa shape index (κ2) is 9.23. The van der Waals surface area contributed by atoms with Crippen LogP contribution in [0.25, 0.3) is 6.08 Å². The van der Waals surface area contributed by atoms with Gasteiger partial charge in [-0.25, -0.2) is 8.42 Å². The van der Waals surface area contributed by atoms with Crippen LogP contribution in [0, 0.1) is 0 Å². The predicted molar refractivity (Wildman–Crippen MR) is 115 cm³/mol. The highest BCUT2D eigenvalue weighted by atomic mass is 35.5. The molecular weight excluding hydrogens is 426 g/mol. The number of carbonyl (C=O) groups is 1. The first-order chi connectivity index (χ1) is 14.3. The van der Waals surface area contributed by atoms with Crippen LogP contribution >= 0.6 is 11.6 Å². The van der Waals surface area contributed by atoms with Crippen molar-refractivity contribution in [3.05, 3.63) is 76.6 Å². The first kappa shape index (κ1) is 21.7. The highest BCUT2D eigenvalue weighted by Gasteiger charge is 2.19. The van der Waals surface area contributed by atoms with E-state index in [0.717, 1.165) is 5.56 Å². The third-order valence-electron chi connectivity index (χ3n) is 4.24. The van der Waals surface area contributed by atoms with Gasteiger partial charge in [-0.05, 0) is 49.2 Å². The van der Waals surface area contributed by atoms with Crippen LogP contribution < -0.4 is 5.32 Å². The van der Waals surface area contributed by atoms with Crippen LogP contribution in [-0.2, 0) is 21.1 Å². The lowest BCUT2D eigenvalue weighted by atomic mass is 10.1. The SMILES string of the molecule is CC(C)S(=O)(=O)c1ccc(Cc2nnc(NC(=O)C=Cc3ccccc3Cl)o2)cc1.